The molecule has 3 aliphatic rings. The van der Waals surface area contributed by atoms with Gasteiger partial charge in [-0.3, -0.25) is 14.3 Å². The molecule has 4 unspecified atom stereocenters. The van der Waals surface area contributed by atoms with Crippen LogP contribution in [0.25, 0.3) is 0 Å². The van der Waals surface area contributed by atoms with Crippen molar-refractivity contribution in [2.45, 2.75) is 31.6 Å². The molecule has 4 heterocycles. The molecule has 3 fully saturated rings. The number of hydrogen-bond donors (Lipinski definition) is 0. The molecule has 0 spiro atoms. The molecule has 9 heteroatoms. The van der Waals surface area contributed by atoms with Crippen LogP contribution < -0.4 is 4.90 Å². The van der Waals surface area contributed by atoms with Crippen LogP contribution in [0.4, 0.5) is 5.82 Å². The minimum Gasteiger partial charge on any atom is -0.373 e. The monoisotopic (exact) mass is 425 g/mol. The third-order valence-corrected chi connectivity index (χ3v) is 6.55. The summed E-state index contributed by atoms with van der Waals surface area (Å²) in [6, 6.07) is 5.23. The van der Waals surface area contributed by atoms with Crippen LogP contribution in [0.2, 0.25) is 15.1 Å². The summed E-state index contributed by atoms with van der Waals surface area (Å²) in [5, 5.41) is 5.62. The van der Waals surface area contributed by atoms with E-state index in [1.165, 1.54) is 4.68 Å². The van der Waals surface area contributed by atoms with Gasteiger partial charge in [0.15, 0.2) is 5.82 Å². The molecule has 1 aromatic heterocycles. The molecule has 4 atom stereocenters. The molecule has 0 N–H and O–H groups in total. The van der Waals surface area contributed by atoms with Crippen LogP contribution in [0.15, 0.2) is 24.4 Å². The summed E-state index contributed by atoms with van der Waals surface area (Å²) in [5.41, 5.74) is 0.689. The molecule has 5 rings (SSSR count). The van der Waals surface area contributed by atoms with Crippen molar-refractivity contribution in [1.29, 1.82) is 0 Å². The van der Waals surface area contributed by atoms with Gasteiger partial charge in [0.25, 0.3) is 0 Å². The summed E-state index contributed by atoms with van der Waals surface area (Å²) < 4.78 is 7.28. The van der Waals surface area contributed by atoms with E-state index in [1.54, 1.807) is 24.4 Å². The number of imide groups is 1. The topological polar surface area (TPSA) is 64.4 Å². The molecule has 2 aromatic rings. The molecular weight excluding hydrogens is 413 g/mol. The number of anilines is 1. The van der Waals surface area contributed by atoms with E-state index < -0.39 is 11.8 Å². The Morgan fingerprint density at radius 2 is 1.59 bits per heavy atom. The minimum atomic E-state index is -0.421. The fourth-order valence-corrected chi connectivity index (χ4v) is 5.14. The van der Waals surface area contributed by atoms with Crippen molar-refractivity contribution >= 4 is 52.4 Å². The molecule has 6 nitrogen and oxygen atoms in total. The second-order valence-electron chi connectivity index (χ2n) is 7.05. The molecule has 0 saturated carbocycles. The molecule has 2 bridgehead atoms. The summed E-state index contributed by atoms with van der Waals surface area (Å²) in [7, 11) is 0. The van der Waals surface area contributed by atoms with Crippen molar-refractivity contribution < 1.29 is 14.3 Å². The second kappa shape index (κ2) is 6.21. The highest BCUT2D eigenvalue weighted by Crippen LogP contribution is 2.49. The SMILES string of the molecule is O=C1C2C3CCC(O3)C2C(=O)N1c1nn(Cc2c(Cl)cccc2Cl)cc1Cl. The third kappa shape index (κ3) is 2.54. The number of amides is 2. The van der Waals surface area contributed by atoms with Gasteiger partial charge in [-0.2, -0.15) is 5.10 Å². The second-order valence-corrected chi connectivity index (χ2v) is 8.27. The molecule has 3 aliphatic heterocycles. The molecule has 3 saturated heterocycles. The third-order valence-electron chi connectivity index (χ3n) is 5.58. The van der Waals surface area contributed by atoms with Gasteiger partial charge in [0.2, 0.25) is 11.8 Å². The van der Waals surface area contributed by atoms with Crippen LogP contribution in [-0.4, -0.2) is 33.8 Å². The normalized spacial score (nSPS) is 29.1. The lowest BCUT2D eigenvalue weighted by molar-refractivity contribution is -0.124. The highest BCUT2D eigenvalue weighted by atomic mass is 35.5. The van der Waals surface area contributed by atoms with Crippen molar-refractivity contribution in [3.8, 4) is 0 Å². The maximum Gasteiger partial charge on any atom is 0.241 e. The first-order valence-electron chi connectivity index (χ1n) is 8.65. The van der Waals surface area contributed by atoms with Gasteiger partial charge in [-0.25, -0.2) is 4.90 Å². The first-order valence-corrected chi connectivity index (χ1v) is 9.78. The van der Waals surface area contributed by atoms with Gasteiger partial charge in [-0.1, -0.05) is 40.9 Å². The lowest BCUT2D eigenvalue weighted by Gasteiger charge is -2.15. The standard InChI is InChI=1S/C18H14Cl3N3O3/c19-9-2-1-3-10(20)8(9)6-23-7-11(21)16(22-23)24-17(25)14-12-4-5-13(27-12)15(14)18(24)26/h1-3,7,12-15H,4-6H2. The maximum absolute atomic E-state index is 12.9. The van der Waals surface area contributed by atoms with Crippen molar-refractivity contribution in [3.63, 3.8) is 0 Å². The Hall–Kier alpha value is -1.60. The molecule has 0 aliphatic carbocycles. The predicted octanol–water partition coefficient (Wildman–Crippen LogP) is 3.56. The van der Waals surface area contributed by atoms with E-state index in [4.69, 9.17) is 39.5 Å². The van der Waals surface area contributed by atoms with Crippen molar-refractivity contribution in [3.05, 3.63) is 45.0 Å². The highest BCUT2D eigenvalue weighted by Gasteiger charge is 2.63. The van der Waals surface area contributed by atoms with E-state index in [-0.39, 0.29) is 41.4 Å². The highest BCUT2D eigenvalue weighted by molar-refractivity contribution is 6.36. The van der Waals surface area contributed by atoms with Gasteiger partial charge in [0, 0.05) is 21.8 Å². The fraction of sp³-hybridized carbons (Fsp3) is 0.389. The number of nitrogens with zero attached hydrogens (tertiary/aromatic N) is 3. The first-order chi connectivity index (χ1) is 13.0. The van der Waals surface area contributed by atoms with E-state index in [2.05, 4.69) is 5.10 Å². The zero-order valence-corrected chi connectivity index (χ0v) is 16.2. The van der Waals surface area contributed by atoms with E-state index in [0.717, 1.165) is 17.7 Å². The van der Waals surface area contributed by atoms with Gasteiger partial charge >= 0.3 is 0 Å². The van der Waals surface area contributed by atoms with Crippen LogP contribution in [0, 0.1) is 11.8 Å². The first kappa shape index (κ1) is 17.5. The molecule has 27 heavy (non-hydrogen) atoms. The number of aromatic nitrogens is 2. The number of ether oxygens (including phenoxy) is 1. The Balaban J connectivity index is 1.47. The van der Waals surface area contributed by atoms with Gasteiger partial charge in [-0.15, -0.1) is 0 Å². The van der Waals surface area contributed by atoms with Crippen LogP contribution in [-0.2, 0) is 20.9 Å². The van der Waals surface area contributed by atoms with Crippen LogP contribution >= 0.6 is 34.8 Å². The summed E-state index contributed by atoms with van der Waals surface area (Å²) in [6.07, 6.45) is 2.84. The largest absolute Gasteiger partial charge is 0.373 e. The molecule has 140 valence electrons. The molecular formula is C18H14Cl3N3O3. The predicted molar refractivity (Wildman–Crippen MR) is 100 cm³/mol. The summed E-state index contributed by atoms with van der Waals surface area (Å²) in [5.74, 6) is -1.24. The zero-order valence-electron chi connectivity index (χ0n) is 13.9. The Kier molecular flexibility index (Phi) is 4.02. The minimum absolute atomic E-state index is 0.156. The Morgan fingerprint density at radius 1 is 1.00 bits per heavy atom. The lowest BCUT2D eigenvalue weighted by Crippen LogP contribution is -2.34. The van der Waals surface area contributed by atoms with E-state index in [1.807, 2.05) is 0 Å². The Morgan fingerprint density at radius 3 is 2.19 bits per heavy atom. The van der Waals surface area contributed by atoms with Gasteiger partial charge in [-0.05, 0) is 25.0 Å². The van der Waals surface area contributed by atoms with Crippen molar-refractivity contribution in [2.24, 2.45) is 11.8 Å². The van der Waals surface area contributed by atoms with E-state index in [0.29, 0.717) is 15.6 Å². The quantitative estimate of drug-likeness (QED) is 0.704. The van der Waals surface area contributed by atoms with Gasteiger partial charge in [0.05, 0.1) is 30.6 Å². The number of fused-ring (bicyclic) bond motifs is 5. The van der Waals surface area contributed by atoms with Crippen molar-refractivity contribution in [2.75, 3.05) is 4.90 Å². The number of carbonyl (C=O) groups excluding carboxylic acids is 2. The summed E-state index contributed by atoms with van der Waals surface area (Å²) in [6.45, 7) is 0.273. The smallest absolute Gasteiger partial charge is 0.241 e. The lowest BCUT2D eigenvalue weighted by atomic mass is 9.81. The number of benzene rings is 1. The van der Waals surface area contributed by atoms with Gasteiger partial charge < -0.3 is 4.74 Å². The van der Waals surface area contributed by atoms with E-state index in [9.17, 15) is 9.59 Å². The van der Waals surface area contributed by atoms with E-state index >= 15 is 0 Å². The Bertz CT molecular complexity index is 928. The average Bonchev–Trinajstić information content (AvgIpc) is 3.36. The van der Waals surface area contributed by atoms with Gasteiger partial charge in [0.1, 0.15) is 5.02 Å². The number of carbonyl (C=O) groups is 2. The number of rotatable bonds is 3. The van der Waals surface area contributed by atoms with Crippen LogP contribution in [0.5, 0.6) is 0 Å². The fourth-order valence-electron chi connectivity index (χ4n) is 4.39. The average molecular weight is 427 g/mol. The number of halogens is 3. The summed E-state index contributed by atoms with van der Waals surface area (Å²) >= 11 is 18.7. The Labute approximate surface area is 169 Å². The zero-order chi connectivity index (χ0) is 18.9. The van der Waals surface area contributed by atoms with Crippen LogP contribution in [0.1, 0.15) is 18.4 Å². The van der Waals surface area contributed by atoms with Crippen molar-refractivity contribution in [1.82, 2.24) is 9.78 Å². The summed E-state index contributed by atoms with van der Waals surface area (Å²) in [4.78, 5) is 26.9. The van der Waals surface area contributed by atoms with Crippen LogP contribution in [0.3, 0.4) is 0 Å². The maximum atomic E-state index is 12.9. The molecule has 0 radical (unpaired) electrons. The molecule has 1 aromatic carbocycles. The number of hydrogen-bond acceptors (Lipinski definition) is 4. The molecule has 2 amide bonds.